The summed E-state index contributed by atoms with van der Waals surface area (Å²) in [6.45, 7) is 0.587. The lowest BCUT2D eigenvalue weighted by atomic mass is 9.86. The number of carboxylic acids is 1. The van der Waals surface area contributed by atoms with E-state index in [2.05, 4.69) is 10.5 Å². The molecule has 0 unspecified atom stereocenters. The summed E-state index contributed by atoms with van der Waals surface area (Å²) in [5.74, 6) is -1.83. The van der Waals surface area contributed by atoms with Gasteiger partial charge in [-0.2, -0.15) is 16.8 Å². The number of aliphatic carboxylic acids is 1. The van der Waals surface area contributed by atoms with Gasteiger partial charge in [0, 0.05) is 24.2 Å². The molecule has 1 aliphatic carbocycles. The fraction of sp³-hybridized carbons (Fsp3) is 0.192. The summed E-state index contributed by atoms with van der Waals surface area (Å²) in [6, 6.07) is 10.5. The van der Waals surface area contributed by atoms with Gasteiger partial charge in [0.05, 0.1) is 38.8 Å². The van der Waals surface area contributed by atoms with Crippen molar-refractivity contribution in [3.8, 4) is 11.3 Å². The summed E-state index contributed by atoms with van der Waals surface area (Å²) in [7, 11) is -9.68. The first kappa shape index (κ1) is 26.9. The number of piperidine rings is 1. The van der Waals surface area contributed by atoms with Crippen molar-refractivity contribution in [2.24, 2.45) is 5.92 Å². The molecule has 4 aromatic rings. The highest BCUT2D eigenvalue weighted by molar-refractivity contribution is 7.86. The van der Waals surface area contributed by atoms with Crippen LogP contribution < -0.4 is 10.2 Å². The summed E-state index contributed by atoms with van der Waals surface area (Å²) < 4.78 is 73.2. The Morgan fingerprint density at radius 1 is 1.00 bits per heavy atom. The van der Waals surface area contributed by atoms with Crippen molar-refractivity contribution < 1.29 is 45.2 Å². The van der Waals surface area contributed by atoms with Crippen molar-refractivity contribution in [1.82, 2.24) is 5.16 Å². The lowest BCUT2D eigenvalue weighted by Gasteiger charge is -2.33. The summed E-state index contributed by atoms with van der Waals surface area (Å²) in [4.78, 5) is 26.0. The largest absolute Gasteiger partial charge is 0.481 e. The third kappa shape index (κ3) is 4.52. The van der Waals surface area contributed by atoms with Gasteiger partial charge in [0.2, 0.25) is 0 Å². The summed E-state index contributed by atoms with van der Waals surface area (Å²) in [6.07, 6.45) is 1.02. The van der Waals surface area contributed by atoms with E-state index in [0.717, 1.165) is 18.2 Å². The molecule has 3 aromatic carbocycles. The number of nitrogens with one attached hydrogen (secondary N) is 1. The Morgan fingerprint density at radius 3 is 2.41 bits per heavy atom. The molecule has 13 nitrogen and oxygen atoms in total. The molecule has 0 bridgehead atoms. The van der Waals surface area contributed by atoms with Crippen LogP contribution in [0.25, 0.3) is 22.2 Å². The van der Waals surface area contributed by atoms with Gasteiger partial charge in [-0.1, -0.05) is 29.4 Å². The summed E-state index contributed by atoms with van der Waals surface area (Å²) >= 11 is 0. The SMILES string of the molecule is O=C1c2ccccc2-c2onc3c(N4CCC[C@H](C(=O)O)C4)cc(Nc4cc(S(=O)(=O)O)ccc4S(=O)(=O)O)c1c23. The second kappa shape index (κ2) is 9.37. The molecule has 2 aliphatic rings. The van der Waals surface area contributed by atoms with E-state index in [0.29, 0.717) is 36.0 Å². The van der Waals surface area contributed by atoms with Gasteiger partial charge >= 0.3 is 5.97 Å². The average molecular weight is 600 g/mol. The van der Waals surface area contributed by atoms with Crippen LogP contribution in [0.3, 0.4) is 0 Å². The Balaban J connectivity index is 1.62. The molecule has 0 amide bonds. The normalized spacial score (nSPS) is 17.0. The highest BCUT2D eigenvalue weighted by Crippen LogP contribution is 2.47. The van der Waals surface area contributed by atoms with E-state index in [1.54, 1.807) is 29.2 Å². The number of hydrogen-bond donors (Lipinski definition) is 4. The van der Waals surface area contributed by atoms with E-state index in [1.807, 2.05) is 0 Å². The highest BCUT2D eigenvalue weighted by atomic mass is 32.2. The third-order valence-electron chi connectivity index (χ3n) is 7.29. The van der Waals surface area contributed by atoms with Gasteiger partial charge < -0.3 is 19.8 Å². The monoisotopic (exact) mass is 599 g/mol. The fourth-order valence-corrected chi connectivity index (χ4v) is 6.55. The van der Waals surface area contributed by atoms with Crippen LogP contribution in [0.5, 0.6) is 0 Å². The van der Waals surface area contributed by atoms with Gasteiger partial charge in [0.1, 0.15) is 10.4 Å². The molecule has 1 aromatic heterocycles. The average Bonchev–Trinajstić information content (AvgIpc) is 3.36. The summed E-state index contributed by atoms with van der Waals surface area (Å²) in [5, 5.41) is 16.9. The maximum Gasteiger partial charge on any atom is 0.308 e. The number of carboxylic acid groups (broad SMARTS) is 1. The Morgan fingerprint density at radius 2 is 1.73 bits per heavy atom. The van der Waals surface area contributed by atoms with Crippen LogP contribution in [-0.2, 0) is 25.0 Å². The van der Waals surface area contributed by atoms with Crippen LogP contribution in [0.15, 0.2) is 62.8 Å². The lowest BCUT2D eigenvalue weighted by molar-refractivity contribution is -0.141. The Bertz CT molecular complexity index is 2000. The Labute approximate surface area is 232 Å². The van der Waals surface area contributed by atoms with Crippen LogP contribution >= 0.6 is 0 Å². The number of rotatable bonds is 6. The maximum absolute atomic E-state index is 13.8. The number of anilines is 3. The molecular formula is C26H21N3O10S2. The lowest BCUT2D eigenvalue weighted by Crippen LogP contribution is -2.38. The molecule has 6 rings (SSSR count). The van der Waals surface area contributed by atoms with E-state index >= 15 is 0 Å². The van der Waals surface area contributed by atoms with Gasteiger partial charge in [-0.15, -0.1) is 0 Å². The molecule has 1 atom stereocenters. The van der Waals surface area contributed by atoms with Crippen molar-refractivity contribution >= 4 is 60.0 Å². The second-order valence-corrected chi connectivity index (χ2v) is 12.6. The standard InChI is InChI=1S/C26H21N3O10S2/c30-24-15-5-1-2-6-16(15)25-22-21(24)18(27-17-10-14(40(33,34)35)7-8-20(17)41(36,37)38)11-19(23(22)28-39-25)29-9-3-4-13(12-29)26(31)32/h1-2,5-8,10-11,13,27H,3-4,9,12H2,(H,31,32)(H,33,34,35)(H,36,37,38)/t13-/m0/s1. The molecule has 1 saturated heterocycles. The zero-order chi connectivity index (χ0) is 29.3. The van der Waals surface area contributed by atoms with Gasteiger partial charge in [-0.25, -0.2) is 0 Å². The predicted octanol–water partition coefficient (Wildman–Crippen LogP) is 3.58. The second-order valence-electron chi connectivity index (χ2n) is 9.78. The van der Waals surface area contributed by atoms with Crippen molar-refractivity contribution in [1.29, 1.82) is 0 Å². The van der Waals surface area contributed by atoms with Crippen molar-refractivity contribution in [2.75, 3.05) is 23.3 Å². The molecule has 212 valence electrons. The minimum atomic E-state index is -4.90. The molecule has 0 spiro atoms. The quantitative estimate of drug-likeness (QED) is 0.206. The fourth-order valence-electron chi connectivity index (χ4n) is 5.42. The molecule has 0 saturated carbocycles. The molecular weight excluding hydrogens is 578 g/mol. The van der Waals surface area contributed by atoms with Crippen molar-refractivity contribution in [3.63, 3.8) is 0 Å². The predicted molar refractivity (Wildman–Crippen MR) is 145 cm³/mol. The Hall–Kier alpha value is -4.31. The van der Waals surface area contributed by atoms with E-state index in [1.165, 1.54) is 6.07 Å². The van der Waals surface area contributed by atoms with Gasteiger partial charge in [-0.05, 0) is 37.1 Å². The third-order valence-corrected chi connectivity index (χ3v) is 9.05. The first-order valence-electron chi connectivity index (χ1n) is 12.3. The van der Waals surface area contributed by atoms with Crippen LogP contribution in [0, 0.1) is 5.92 Å². The number of benzene rings is 3. The number of nitrogens with zero attached hydrogens (tertiary/aromatic N) is 2. The van der Waals surface area contributed by atoms with Gasteiger partial charge in [0.15, 0.2) is 11.5 Å². The van der Waals surface area contributed by atoms with E-state index in [4.69, 9.17) is 4.52 Å². The zero-order valence-corrected chi connectivity index (χ0v) is 22.6. The first-order chi connectivity index (χ1) is 19.3. The topological polar surface area (TPSA) is 204 Å². The number of ketones is 1. The molecule has 41 heavy (non-hydrogen) atoms. The van der Waals surface area contributed by atoms with Gasteiger partial charge in [0.25, 0.3) is 20.2 Å². The van der Waals surface area contributed by atoms with E-state index in [9.17, 15) is 40.6 Å². The number of carbonyl (C=O) groups is 2. The minimum absolute atomic E-state index is 0.0197. The van der Waals surface area contributed by atoms with E-state index < -0.39 is 53.4 Å². The number of carbonyl (C=O) groups excluding carboxylic acids is 1. The minimum Gasteiger partial charge on any atom is -0.481 e. The number of fused-ring (bicyclic) bond motifs is 2. The molecule has 1 aliphatic heterocycles. The van der Waals surface area contributed by atoms with Crippen LogP contribution in [0.4, 0.5) is 17.1 Å². The Kier molecular flexibility index (Phi) is 6.15. The van der Waals surface area contributed by atoms with Crippen LogP contribution in [-0.4, -0.2) is 61.0 Å². The molecule has 2 heterocycles. The van der Waals surface area contributed by atoms with E-state index in [-0.39, 0.29) is 34.6 Å². The maximum atomic E-state index is 13.8. The smallest absolute Gasteiger partial charge is 0.308 e. The van der Waals surface area contributed by atoms with Gasteiger partial charge in [-0.3, -0.25) is 18.7 Å². The van der Waals surface area contributed by atoms with Crippen molar-refractivity contribution in [2.45, 2.75) is 22.6 Å². The highest BCUT2D eigenvalue weighted by Gasteiger charge is 2.35. The molecule has 0 radical (unpaired) electrons. The van der Waals surface area contributed by atoms with Crippen LogP contribution in [0.2, 0.25) is 0 Å². The van der Waals surface area contributed by atoms with Crippen LogP contribution in [0.1, 0.15) is 28.8 Å². The summed E-state index contributed by atoms with van der Waals surface area (Å²) in [5.41, 5.74) is 1.07. The van der Waals surface area contributed by atoms with Crippen molar-refractivity contribution in [3.05, 3.63) is 59.7 Å². The molecule has 1 fully saturated rings. The zero-order valence-electron chi connectivity index (χ0n) is 20.9. The first-order valence-corrected chi connectivity index (χ1v) is 15.2. The molecule has 15 heteroatoms. The number of aromatic nitrogens is 1. The number of hydrogen-bond acceptors (Lipinski definition) is 10. The molecule has 4 N–H and O–H groups in total.